The summed E-state index contributed by atoms with van der Waals surface area (Å²) in [4.78, 5) is 11.2. The van der Waals surface area contributed by atoms with E-state index in [2.05, 4.69) is 24.7 Å². The lowest BCUT2D eigenvalue weighted by molar-refractivity contribution is -0.117. The molecule has 0 aromatic heterocycles. The van der Waals surface area contributed by atoms with Crippen molar-refractivity contribution in [3.05, 3.63) is 0 Å². The summed E-state index contributed by atoms with van der Waals surface area (Å²) in [5.41, 5.74) is 0.918. The monoisotopic (exact) mass is 214 g/mol. The number of hydrogen-bond donors (Lipinski definition) is 0. The van der Waals surface area contributed by atoms with Crippen molar-refractivity contribution in [2.75, 3.05) is 7.05 Å². The van der Waals surface area contributed by atoms with E-state index in [1.807, 2.05) is 25.6 Å². The predicted molar refractivity (Wildman–Crippen MR) is 64.1 cm³/mol. The molecule has 0 radical (unpaired) electrons. The van der Waals surface area contributed by atoms with Crippen molar-refractivity contribution >= 4 is 19.7 Å². The van der Waals surface area contributed by atoms with Gasteiger partial charge in [0, 0.05) is 25.6 Å². The van der Waals surface area contributed by atoms with E-state index in [9.17, 15) is 4.79 Å². The highest BCUT2D eigenvalue weighted by atomic mass is 28.3. The quantitative estimate of drug-likeness (QED) is 0.400. The highest BCUT2D eigenvalue weighted by Gasteiger charge is 2.19. The molecule has 0 aliphatic rings. The van der Waals surface area contributed by atoms with E-state index in [0.717, 1.165) is 5.71 Å². The fourth-order valence-electron chi connectivity index (χ4n) is 0.852. The third-order valence-electron chi connectivity index (χ3n) is 2.14. The van der Waals surface area contributed by atoms with Crippen molar-refractivity contribution in [2.24, 2.45) is 5.10 Å². The van der Waals surface area contributed by atoms with E-state index in [0.29, 0.717) is 12.8 Å². The van der Waals surface area contributed by atoms with Crippen LogP contribution in [-0.2, 0) is 4.79 Å². The van der Waals surface area contributed by atoms with Crippen molar-refractivity contribution in [1.29, 1.82) is 0 Å². The van der Waals surface area contributed by atoms with Crippen molar-refractivity contribution in [3.63, 3.8) is 0 Å². The number of hydrazone groups is 1. The van der Waals surface area contributed by atoms with Gasteiger partial charge in [-0.05, 0) is 6.92 Å². The van der Waals surface area contributed by atoms with Gasteiger partial charge in [0.25, 0.3) is 0 Å². The van der Waals surface area contributed by atoms with Crippen molar-refractivity contribution < 1.29 is 4.79 Å². The predicted octanol–water partition coefficient (Wildman–Crippen LogP) is 2.50. The Kier molecular flexibility index (Phi) is 5.05. The maximum atomic E-state index is 11.2. The lowest BCUT2D eigenvalue weighted by atomic mass is 10.2. The van der Waals surface area contributed by atoms with Crippen LogP contribution in [0.1, 0.15) is 26.7 Å². The summed E-state index contributed by atoms with van der Waals surface area (Å²) in [6.45, 7) is 10.5. The van der Waals surface area contributed by atoms with Gasteiger partial charge in [-0.2, -0.15) is 5.10 Å². The number of carbonyl (C=O) groups is 1. The van der Waals surface area contributed by atoms with Crippen LogP contribution in [0.15, 0.2) is 5.10 Å². The first kappa shape index (κ1) is 13.4. The molecule has 14 heavy (non-hydrogen) atoms. The van der Waals surface area contributed by atoms with Gasteiger partial charge < -0.3 is 4.67 Å². The van der Waals surface area contributed by atoms with E-state index >= 15 is 0 Å². The molecule has 82 valence electrons. The number of ketones is 1. The Morgan fingerprint density at radius 1 is 1.36 bits per heavy atom. The maximum Gasteiger partial charge on any atom is 0.168 e. The van der Waals surface area contributed by atoms with Gasteiger partial charge in [-0.3, -0.25) is 4.79 Å². The Balaban J connectivity index is 4.30. The summed E-state index contributed by atoms with van der Waals surface area (Å²) < 4.78 is 2.03. The average molecular weight is 214 g/mol. The van der Waals surface area contributed by atoms with Crippen LogP contribution in [0.4, 0.5) is 0 Å². The average Bonchev–Trinajstić information content (AvgIpc) is 2.02. The second kappa shape index (κ2) is 5.29. The molecule has 3 nitrogen and oxygen atoms in total. The summed E-state index contributed by atoms with van der Waals surface area (Å²) in [5.74, 6) is 0.259. The number of Topliss-reactive ketones (excluding diaryl/α,β-unsaturated/α-hetero) is 1. The largest absolute Gasteiger partial charge is 0.328 e. The molecule has 0 N–H and O–H groups in total. The Hall–Kier alpha value is -0.643. The van der Waals surface area contributed by atoms with Crippen LogP contribution in [-0.4, -0.2) is 31.5 Å². The van der Waals surface area contributed by atoms with Gasteiger partial charge in [0.05, 0.1) is 0 Å². The molecule has 4 heteroatoms. The molecule has 0 unspecified atom stereocenters. The Morgan fingerprint density at radius 3 is 2.21 bits per heavy atom. The normalized spacial score (nSPS) is 12.9. The molecule has 0 saturated carbocycles. The zero-order valence-corrected chi connectivity index (χ0v) is 11.2. The summed E-state index contributed by atoms with van der Waals surface area (Å²) in [6.07, 6.45) is 1.09. The van der Waals surface area contributed by atoms with Gasteiger partial charge in [-0.1, -0.05) is 26.6 Å². The van der Waals surface area contributed by atoms with Crippen LogP contribution in [0.2, 0.25) is 19.6 Å². The zero-order valence-electron chi connectivity index (χ0n) is 10.2. The third kappa shape index (κ3) is 5.17. The molecule has 0 rings (SSSR count). The third-order valence-corrected chi connectivity index (χ3v) is 4.18. The minimum Gasteiger partial charge on any atom is -0.328 e. The van der Waals surface area contributed by atoms with E-state index in [-0.39, 0.29) is 5.78 Å². The molecule has 0 heterocycles. The van der Waals surface area contributed by atoms with Gasteiger partial charge in [-0.15, -0.1) is 0 Å². The first-order chi connectivity index (χ1) is 6.27. The molecule has 0 amide bonds. The number of carbonyl (C=O) groups excluding carboxylic acids is 1. The lowest BCUT2D eigenvalue weighted by Crippen LogP contribution is -2.39. The van der Waals surface area contributed by atoms with E-state index in [1.165, 1.54) is 0 Å². The molecule has 0 fully saturated rings. The summed E-state index contributed by atoms with van der Waals surface area (Å²) in [6, 6.07) is 0. The van der Waals surface area contributed by atoms with E-state index in [4.69, 9.17) is 0 Å². The molecule has 0 aromatic rings. The molecule has 0 bridgehead atoms. The fraction of sp³-hybridized carbons (Fsp3) is 0.800. The van der Waals surface area contributed by atoms with Gasteiger partial charge >= 0.3 is 0 Å². The van der Waals surface area contributed by atoms with Crippen LogP contribution in [0.3, 0.4) is 0 Å². The zero-order chi connectivity index (χ0) is 11.4. The topological polar surface area (TPSA) is 32.7 Å². The van der Waals surface area contributed by atoms with Crippen LogP contribution in [0.5, 0.6) is 0 Å². The van der Waals surface area contributed by atoms with Crippen LogP contribution >= 0.6 is 0 Å². The SMILES string of the molecule is CCC(=O)CC(C)=NN(C)[Si](C)(C)C. The highest BCUT2D eigenvalue weighted by Crippen LogP contribution is 2.07. The second-order valence-corrected chi connectivity index (χ2v) is 9.59. The van der Waals surface area contributed by atoms with Gasteiger partial charge in [0.1, 0.15) is 5.78 Å². The summed E-state index contributed by atoms with van der Waals surface area (Å²) >= 11 is 0. The Morgan fingerprint density at radius 2 is 1.86 bits per heavy atom. The maximum absolute atomic E-state index is 11.2. The van der Waals surface area contributed by atoms with Crippen molar-refractivity contribution in [3.8, 4) is 0 Å². The number of hydrogen-bond acceptors (Lipinski definition) is 3. The highest BCUT2D eigenvalue weighted by molar-refractivity contribution is 6.73. The molecular weight excluding hydrogens is 192 g/mol. The number of nitrogens with zero attached hydrogens (tertiary/aromatic N) is 2. The standard InChI is InChI=1S/C10H22N2OSi/c1-7-10(13)8-9(2)11-12(3)14(4,5)6/h7-8H2,1-6H3. The first-order valence-corrected chi connectivity index (χ1v) is 8.51. The summed E-state index contributed by atoms with van der Waals surface area (Å²) in [7, 11) is 0.642. The second-order valence-electron chi connectivity index (χ2n) is 4.60. The molecule has 0 atom stereocenters. The number of rotatable bonds is 5. The molecule has 0 saturated heterocycles. The van der Waals surface area contributed by atoms with Crippen molar-refractivity contribution in [2.45, 2.75) is 46.3 Å². The lowest BCUT2D eigenvalue weighted by Gasteiger charge is -2.27. The molecule has 0 aromatic carbocycles. The first-order valence-electron chi connectivity index (χ1n) is 5.07. The van der Waals surface area contributed by atoms with Crippen LogP contribution < -0.4 is 0 Å². The van der Waals surface area contributed by atoms with Crippen LogP contribution in [0.25, 0.3) is 0 Å². The van der Waals surface area contributed by atoms with Crippen molar-refractivity contribution in [1.82, 2.24) is 4.67 Å². The smallest absolute Gasteiger partial charge is 0.168 e. The minimum atomic E-state index is -1.35. The summed E-state index contributed by atoms with van der Waals surface area (Å²) in [5, 5.41) is 4.43. The molecule has 0 spiro atoms. The van der Waals surface area contributed by atoms with Gasteiger partial charge in [0.2, 0.25) is 0 Å². The molecule has 0 aliphatic carbocycles. The van der Waals surface area contributed by atoms with Gasteiger partial charge in [-0.25, -0.2) is 0 Å². The van der Waals surface area contributed by atoms with Crippen LogP contribution in [0, 0.1) is 0 Å². The Labute approximate surface area is 88.3 Å². The fourth-order valence-corrected chi connectivity index (χ4v) is 1.32. The minimum absolute atomic E-state index is 0.259. The molecular formula is C10H22N2OSi. The Bertz CT molecular complexity index is 231. The molecule has 0 aliphatic heterocycles. The van der Waals surface area contributed by atoms with E-state index < -0.39 is 8.24 Å². The van der Waals surface area contributed by atoms with Gasteiger partial charge in [0.15, 0.2) is 8.24 Å². The van der Waals surface area contributed by atoms with E-state index in [1.54, 1.807) is 0 Å².